The van der Waals surface area contributed by atoms with Gasteiger partial charge in [0.15, 0.2) is 6.61 Å². The van der Waals surface area contributed by atoms with Crippen LogP contribution in [0.15, 0.2) is 18.2 Å². The van der Waals surface area contributed by atoms with Gasteiger partial charge >= 0.3 is 11.7 Å². The van der Waals surface area contributed by atoms with E-state index in [-0.39, 0.29) is 30.3 Å². The lowest BCUT2D eigenvalue weighted by Gasteiger charge is -2.19. The summed E-state index contributed by atoms with van der Waals surface area (Å²) in [5.41, 5.74) is -1.31. The van der Waals surface area contributed by atoms with Gasteiger partial charge in [0.05, 0.1) is 17.4 Å². The van der Waals surface area contributed by atoms with Crippen LogP contribution >= 0.6 is 0 Å². The number of hydrogen-bond acceptors (Lipinski definition) is 6. The lowest BCUT2D eigenvalue weighted by Crippen LogP contribution is -2.40. The average molecular weight is 326 g/mol. The summed E-state index contributed by atoms with van der Waals surface area (Å²) in [7, 11) is 1.28. The molecular weight excluding hydrogens is 308 g/mol. The highest BCUT2D eigenvalue weighted by molar-refractivity contribution is 5.79. The van der Waals surface area contributed by atoms with Crippen LogP contribution in [0.2, 0.25) is 0 Å². The quantitative estimate of drug-likeness (QED) is 0.542. The second-order valence-electron chi connectivity index (χ2n) is 5.35. The van der Waals surface area contributed by atoms with Crippen LogP contribution in [0.25, 0.3) is 0 Å². The molecule has 1 aromatic rings. The Morgan fingerprint density at radius 3 is 2.57 bits per heavy atom. The number of hydrogen-bond donors (Lipinski definition) is 2. The van der Waals surface area contributed by atoms with Gasteiger partial charge in [-0.25, -0.2) is 0 Å². The van der Waals surface area contributed by atoms with Crippen LogP contribution in [0, 0.1) is 15.5 Å². The van der Waals surface area contributed by atoms with E-state index in [1.54, 1.807) is 0 Å². The maximum Gasteiger partial charge on any atom is 0.311 e. The molecule has 0 aromatic heterocycles. The van der Waals surface area contributed by atoms with Gasteiger partial charge in [-0.2, -0.15) is 0 Å². The van der Waals surface area contributed by atoms with Crippen LogP contribution in [-0.2, 0) is 9.59 Å². The zero-order valence-corrected chi connectivity index (χ0v) is 13.0. The molecule has 126 valence electrons. The zero-order valence-electron chi connectivity index (χ0n) is 13.0. The highest BCUT2D eigenvalue weighted by atomic mass is 16.6. The Morgan fingerprint density at radius 2 is 2.04 bits per heavy atom. The predicted octanol–water partition coefficient (Wildman–Crippen LogP) is 1.21. The fraction of sp³-hybridized carbons (Fsp3) is 0.429. The van der Waals surface area contributed by atoms with E-state index in [1.165, 1.54) is 39.2 Å². The molecule has 1 amide bonds. The first-order valence-corrected chi connectivity index (χ1v) is 6.62. The van der Waals surface area contributed by atoms with Gasteiger partial charge in [-0.1, -0.05) is 0 Å². The minimum atomic E-state index is -1.09. The summed E-state index contributed by atoms with van der Waals surface area (Å²) in [6.07, 6.45) is 0. The third kappa shape index (κ3) is 5.13. The van der Waals surface area contributed by atoms with Crippen molar-refractivity contribution >= 4 is 17.6 Å². The third-order valence-electron chi connectivity index (χ3n) is 3.02. The molecule has 0 aliphatic carbocycles. The van der Waals surface area contributed by atoms with Crippen LogP contribution in [-0.4, -0.2) is 42.2 Å². The highest BCUT2D eigenvalue weighted by Crippen LogP contribution is 2.30. The van der Waals surface area contributed by atoms with Gasteiger partial charge in [0.2, 0.25) is 5.75 Å². The molecule has 2 N–H and O–H groups in total. The standard InChI is InChI=1S/C14H18N2O7/c1-14(2,13(18)19)8-15-12(17)7-23-9-4-5-10(16(20)21)11(6-9)22-3/h4-6H,7-8H2,1-3H3,(H,15,17)(H,18,19). The normalized spacial score (nSPS) is 10.7. The number of nitrogens with zero attached hydrogens (tertiary/aromatic N) is 1. The third-order valence-corrected chi connectivity index (χ3v) is 3.02. The Bertz CT molecular complexity index is 613. The molecule has 0 aliphatic heterocycles. The van der Waals surface area contributed by atoms with E-state index >= 15 is 0 Å². The van der Waals surface area contributed by atoms with Crippen molar-refractivity contribution in [3.63, 3.8) is 0 Å². The summed E-state index contributed by atoms with van der Waals surface area (Å²) < 4.78 is 10.1. The van der Waals surface area contributed by atoms with Gasteiger partial charge in [0, 0.05) is 18.7 Å². The average Bonchev–Trinajstić information content (AvgIpc) is 2.50. The van der Waals surface area contributed by atoms with Crippen molar-refractivity contribution in [2.24, 2.45) is 5.41 Å². The van der Waals surface area contributed by atoms with Gasteiger partial charge < -0.3 is 19.9 Å². The number of carbonyl (C=O) groups is 2. The highest BCUT2D eigenvalue weighted by Gasteiger charge is 2.27. The molecule has 0 fully saturated rings. The van der Waals surface area contributed by atoms with E-state index in [9.17, 15) is 19.7 Å². The molecule has 1 rings (SSSR count). The molecule has 9 nitrogen and oxygen atoms in total. The molecule has 0 bridgehead atoms. The number of aliphatic carboxylic acids is 1. The van der Waals surface area contributed by atoms with Crippen molar-refractivity contribution < 1.29 is 29.1 Å². The lowest BCUT2D eigenvalue weighted by molar-refractivity contribution is -0.385. The SMILES string of the molecule is COc1cc(OCC(=O)NCC(C)(C)C(=O)O)ccc1[N+](=O)[O-]. The molecule has 0 heterocycles. The Kier molecular flexibility index (Phi) is 5.88. The summed E-state index contributed by atoms with van der Waals surface area (Å²) in [5, 5.41) is 22.2. The Labute approximate surface area is 132 Å². The van der Waals surface area contributed by atoms with E-state index in [0.29, 0.717) is 0 Å². The van der Waals surface area contributed by atoms with Crippen molar-refractivity contribution in [3.05, 3.63) is 28.3 Å². The number of carboxylic acids is 1. The summed E-state index contributed by atoms with van der Waals surface area (Å²) >= 11 is 0. The number of nitro groups is 1. The zero-order chi connectivity index (χ0) is 17.6. The molecule has 23 heavy (non-hydrogen) atoms. The summed E-state index contributed by atoms with van der Waals surface area (Å²) in [5.74, 6) is -1.30. The van der Waals surface area contributed by atoms with E-state index in [0.717, 1.165) is 0 Å². The van der Waals surface area contributed by atoms with Gasteiger partial charge in [0.25, 0.3) is 5.91 Å². The van der Waals surface area contributed by atoms with Crippen LogP contribution in [0.4, 0.5) is 5.69 Å². The van der Waals surface area contributed by atoms with E-state index < -0.39 is 22.2 Å². The molecule has 1 aromatic carbocycles. The van der Waals surface area contributed by atoms with Crippen LogP contribution in [0.5, 0.6) is 11.5 Å². The Morgan fingerprint density at radius 1 is 1.39 bits per heavy atom. The van der Waals surface area contributed by atoms with E-state index in [1.807, 2.05) is 0 Å². The second-order valence-corrected chi connectivity index (χ2v) is 5.35. The largest absolute Gasteiger partial charge is 0.490 e. The first kappa shape index (κ1) is 18.2. The van der Waals surface area contributed by atoms with Crippen molar-refractivity contribution in [3.8, 4) is 11.5 Å². The number of benzene rings is 1. The molecule has 0 radical (unpaired) electrons. The van der Waals surface area contributed by atoms with Crippen LogP contribution in [0.1, 0.15) is 13.8 Å². The van der Waals surface area contributed by atoms with Crippen molar-refractivity contribution in [1.29, 1.82) is 0 Å². The monoisotopic (exact) mass is 326 g/mol. The van der Waals surface area contributed by atoms with Gasteiger partial charge in [-0.05, 0) is 19.9 Å². The molecule has 0 saturated heterocycles. The first-order chi connectivity index (χ1) is 10.7. The number of amides is 1. The summed E-state index contributed by atoms with van der Waals surface area (Å²) in [6, 6.07) is 3.85. The maximum atomic E-state index is 11.6. The number of ether oxygens (including phenoxy) is 2. The first-order valence-electron chi connectivity index (χ1n) is 6.62. The van der Waals surface area contributed by atoms with Crippen LogP contribution < -0.4 is 14.8 Å². The molecule has 0 unspecified atom stereocenters. The van der Waals surface area contributed by atoms with Crippen LogP contribution in [0.3, 0.4) is 0 Å². The molecule has 0 spiro atoms. The topological polar surface area (TPSA) is 128 Å². The Hall–Kier alpha value is -2.84. The van der Waals surface area contributed by atoms with Gasteiger partial charge in [0.1, 0.15) is 5.75 Å². The summed E-state index contributed by atoms with van der Waals surface area (Å²) in [6.45, 7) is 2.57. The molecule has 0 atom stereocenters. The fourth-order valence-corrected chi connectivity index (χ4v) is 1.49. The Balaban J connectivity index is 2.60. The van der Waals surface area contributed by atoms with Crippen molar-refractivity contribution in [1.82, 2.24) is 5.32 Å². The molecule has 0 saturated carbocycles. The minimum Gasteiger partial charge on any atom is -0.490 e. The van der Waals surface area contributed by atoms with E-state index in [2.05, 4.69) is 5.32 Å². The van der Waals surface area contributed by atoms with Crippen molar-refractivity contribution in [2.45, 2.75) is 13.8 Å². The van der Waals surface area contributed by atoms with Gasteiger partial charge in [-0.15, -0.1) is 0 Å². The minimum absolute atomic E-state index is 0.0138. The second kappa shape index (κ2) is 7.43. The number of carbonyl (C=O) groups excluding carboxylic acids is 1. The number of methoxy groups -OCH3 is 1. The number of rotatable bonds is 8. The smallest absolute Gasteiger partial charge is 0.311 e. The molecule has 9 heteroatoms. The predicted molar refractivity (Wildman–Crippen MR) is 79.6 cm³/mol. The van der Waals surface area contributed by atoms with Crippen molar-refractivity contribution in [2.75, 3.05) is 20.3 Å². The fourth-order valence-electron chi connectivity index (χ4n) is 1.49. The van der Waals surface area contributed by atoms with E-state index in [4.69, 9.17) is 14.6 Å². The maximum absolute atomic E-state index is 11.6. The number of nitro benzene ring substituents is 1. The molecular formula is C14H18N2O7. The van der Waals surface area contributed by atoms with Gasteiger partial charge in [-0.3, -0.25) is 19.7 Å². The summed E-state index contributed by atoms with van der Waals surface area (Å²) in [4.78, 5) is 32.7. The number of carboxylic acid groups (broad SMARTS) is 1. The number of nitrogens with one attached hydrogen (secondary N) is 1. The molecule has 0 aliphatic rings. The lowest BCUT2D eigenvalue weighted by atomic mass is 9.94.